The highest BCUT2D eigenvalue weighted by atomic mass is 32.1. The molecule has 0 atom stereocenters. The number of carboxylic acid groups (broad SMARTS) is 1. The molecule has 2 aromatic heterocycles. The molecule has 102 valence electrons. The zero-order valence-corrected chi connectivity index (χ0v) is 11.7. The molecule has 21 heavy (non-hydrogen) atoms. The van der Waals surface area contributed by atoms with E-state index in [0.717, 1.165) is 22.0 Å². The van der Waals surface area contributed by atoms with Crippen molar-refractivity contribution in [2.75, 3.05) is 0 Å². The van der Waals surface area contributed by atoms with Gasteiger partial charge in [-0.05, 0) is 10.8 Å². The molecule has 0 unspecified atom stereocenters. The van der Waals surface area contributed by atoms with Crippen molar-refractivity contribution in [1.29, 1.82) is 0 Å². The van der Waals surface area contributed by atoms with Gasteiger partial charge in [-0.3, -0.25) is 4.40 Å². The lowest BCUT2D eigenvalue weighted by Gasteiger charge is -2.05. The van der Waals surface area contributed by atoms with Crippen LogP contribution in [0.2, 0.25) is 0 Å². The fourth-order valence-electron chi connectivity index (χ4n) is 2.53. The molecule has 0 amide bonds. The standard InChI is InChI=1S/C16H10N2O2S/c19-15(20)13-8-18-14(9-21-16(18)17-13)12-7-3-5-10-4-1-2-6-11(10)12/h1-9H,(H,19,20). The molecule has 0 saturated heterocycles. The summed E-state index contributed by atoms with van der Waals surface area (Å²) in [5.41, 5.74) is 2.11. The lowest BCUT2D eigenvalue weighted by molar-refractivity contribution is 0.0691. The van der Waals surface area contributed by atoms with Crippen molar-refractivity contribution < 1.29 is 9.90 Å². The summed E-state index contributed by atoms with van der Waals surface area (Å²) in [6.45, 7) is 0. The normalized spacial score (nSPS) is 11.2. The largest absolute Gasteiger partial charge is 0.476 e. The smallest absolute Gasteiger partial charge is 0.356 e. The van der Waals surface area contributed by atoms with Gasteiger partial charge in [0.05, 0.1) is 5.69 Å². The molecule has 0 aliphatic heterocycles. The monoisotopic (exact) mass is 294 g/mol. The molecule has 2 aromatic carbocycles. The van der Waals surface area contributed by atoms with Crippen LogP contribution < -0.4 is 0 Å². The second-order valence-corrected chi connectivity index (χ2v) is 5.57. The number of nitrogens with zero attached hydrogens (tertiary/aromatic N) is 2. The van der Waals surface area contributed by atoms with Crippen LogP contribution in [-0.2, 0) is 0 Å². The Kier molecular flexibility index (Phi) is 2.55. The maximum absolute atomic E-state index is 11.1. The average Bonchev–Trinajstić information content (AvgIpc) is 3.07. The number of hydrogen-bond acceptors (Lipinski definition) is 3. The fraction of sp³-hybridized carbons (Fsp3) is 0. The molecule has 0 fully saturated rings. The Labute approximate surface area is 123 Å². The number of benzene rings is 2. The van der Waals surface area contributed by atoms with Gasteiger partial charge in [0, 0.05) is 17.1 Å². The van der Waals surface area contributed by atoms with E-state index in [2.05, 4.69) is 23.2 Å². The second-order valence-electron chi connectivity index (χ2n) is 4.73. The molecule has 0 radical (unpaired) electrons. The minimum atomic E-state index is -1.00. The first-order chi connectivity index (χ1) is 10.2. The molecule has 0 saturated carbocycles. The van der Waals surface area contributed by atoms with Crippen LogP contribution in [0.4, 0.5) is 0 Å². The summed E-state index contributed by atoms with van der Waals surface area (Å²) >= 11 is 1.44. The minimum Gasteiger partial charge on any atom is -0.476 e. The average molecular weight is 294 g/mol. The summed E-state index contributed by atoms with van der Waals surface area (Å²) < 4.78 is 1.84. The van der Waals surface area contributed by atoms with Crippen LogP contribution in [0.1, 0.15) is 10.5 Å². The highest BCUT2D eigenvalue weighted by molar-refractivity contribution is 7.15. The quantitative estimate of drug-likeness (QED) is 0.609. The minimum absolute atomic E-state index is 0.0725. The van der Waals surface area contributed by atoms with Crippen LogP contribution in [0.15, 0.2) is 54.0 Å². The van der Waals surface area contributed by atoms with Gasteiger partial charge in [-0.25, -0.2) is 9.78 Å². The lowest BCUT2D eigenvalue weighted by atomic mass is 10.0. The number of imidazole rings is 1. The van der Waals surface area contributed by atoms with Crippen LogP contribution in [0.3, 0.4) is 0 Å². The number of thiazole rings is 1. The summed E-state index contributed by atoms with van der Waals surface area (Å²) in [5.74, 6) is -1.00. The summed E-state index contributed by atoms with van der Waals surface area (Å²) in [4.78, 5) is 15.9. The van der Waals surface area contributed by atoms with Gasteiger partial charge in [0.2, 0.25) is 0 Å². The molecule has 2 heterocycles. The molecule has 0 spiro atoms. The van der Waals surface area contributed by atoms with Gasteiger partial charge in [-0.2, -0.15) is 0 Å². The summed E-state index contributed by atoms with van der Waals surface area (Å²) in [5, 5.41) is 13.4. The van der Waals surface area contributed by atoms with Crippen LogP contribution in [-0.4, -0.2) is 20.5 Å². The van der Waals surface area contributed by atoms with E-state index in [9.17, 15) is 4.79 Å². The van der Waals surface area contributed by atoms with Crippen LogP contribution in [0.5, 0.6) is 0 Å². The highest BCUT2D eigenvalue weighted by Gasteiger charge is 2.14. The molecule has 0 bridgehead atoms. The topological polar surface area (TPSA) is 54.6 Å². The Hall–Kier alpha value is -2.66. The van der Waals surface area contributed by atoms with Gasteiger partial charge in [0.25, 0.3) is 0 Å². The molecule has 4 rings (SSSR count). The maximum atomic E-state index is 11.1. The van der Waals surface area contributed by atoms with Gasteiger partial charge in [0.1, 0.15) is 0 Å². The van der Waals surface area contributed by atoms with E-state index >= 15 is 0 Å². The van der Waals surface area contributed by atoms with Crippen molar-refractivity contribution in [2.45, 2.75) is 0 Å². The van der Waals surface area contributed by atoms with E-state index in [1.54, 1.807) is 6.20 Å². The van der Waals surface area contributed by atoms with Gasteiger partial charge >= 0.3 is 5.97 Å². The van der Waals surface area contributed by atoms with Gasteiger partial charge < -0.3 is 5.11 Å². The van der Waals surface area contributed by atoms with E-state index in [0.29, 0.717) is 4.96 Å². The van der Waals surface area contributed by atoms with E-state index in [4.69, 9.17) is 5.11 Å². The van der Waals surface area contributed by atoms with Gasteiger partial charge in [-0.1, -0.05) is 42.5 Å². The number of fused-ring (bicyclic) bond motifs is 2. The molecule has 5 heteroatoms. The van der Waals surface area contributed by atoms with Crippen molar-refractivity contribution in [3.8, 4) is 11.3 Å². The maximum Gasteiger partial charge on any atom is 0.356 e. The van der Waals surface area contributed by atoms with E-state index in [-0.39, 0.29) is 5.69 Å². The third-order valence-electron chi connectivity index (χ3n) is 3.49. The summed E-state index contributed by atoms with van der Waals surface area (Å²) in [7, 11) is 0. The molecular formula is C16H10N2O2S. The first-order valence-electron chi connectivity index (χ1n) is 6.42. The van der Waals surface area contributed by atoms with E-state index in [1.165, 1.54) is 11.3 Å². The lowest BCUT2D eigenvalue weighted by Crippen LogP contribution is -1.95. The van der Waals surface area contributed by atoms with Crippen molar-refractivity contribution in [2.24, 2.45) is 0 Å². The Balaban J connectivity index is 2.02. The first kappa shape index (κ1) is 12.1. The predicted molar refractivity (Wildman–Crippen MR) is 83.0 cm³/mol. The van der Waals surface area contributed by atoms with Crippen molar-refractivity contribution >= 4 is 33.0 Å². The zero-order valence-electron chi connectivity index (χ0n) is 10.9. The Bertz CT molecular complexity index is 979. The van der Waals surface area contributed by atoms with E-state index in [1.807, 2.05) is 34.0 Å². The molecule has 0 aliphatic carbocycles. The first-order valence-corrected chi connectivity index (χ1v) is 7.30. The SMILES string of the molecule is O=C(O)c1cn2c(-c3cccc4ccccc34)csc2n1. The predicted octanol–water partition coefficient (Wildman–Crippen LogP) is 3.91. The highest BCUT2D eigenvalue weighted by Crippen LogP contribution is 2.31. The number of hydrogen-bond donors (Lipinski definition) is 1. The fourth-order valence-corrected chi connectivity index (χ4v) is 3.40. The third-order valence-corrected chi connectivity index (χ3v) is 4.33. The van der Waals surface area contributed by atoms with Crippen molar-refractivity contribution in [1.82, 2.24) is 9.38 Å². The van der Waals surface area contributed by atoms with Gasteiger partial charge in [0.15, 0.2) is 10.7 Å². The summed E-state index contributed by atoms with van der Waals surface area (Å²) in [6, 6.07) is 14.3. The zero-order chi connectivity index (χ0) is 14.4. The molecule has 0 aliphatic rings. The van der Waals surface area contributed by atoms with Crippen molar-refractivity contribution in [3.63, 3.8) is 0 Å². The summed E-state index contributed by atoms with van der Waals surface area (Å²) in [6.07, 6.45) is 1.57. The Morgan fingerprint density at radius 3 is 2.81 bits per heavy atom. The number of aromatic carboxylic acids is 1. The van der Waals surface area contributed by atoms with Crippen LogP contribution >= 0.6 is 11.3 Å². The molecule has 4 aromatic rings. The molecular weight excluding hydrogens is 284 g/mol. The Morgan fingerprint density at radius 1 is 1.14 bits per heavy atom. The second kappa shape index (κ2) is 4.43. The Morgan fingerprint density at radius 2 is 1.95 bits per heavy atom. The van der Waals surface area contributed by atoms with Crippen molar-refractivity contribution in [3.05, 3.63) is 59.7 Å². The van der Waals surface area contributed by atoms with Crippen LogP contribution in [0.25, 0.3) is 27.0 Å². The number of carbonyl (C=O) groups is 1. The molecule has 4 nitrogen and oxygen atoms in total. The third kappa shape index (κ3) is 1.82. The van der Waals surface area contributed by atoms with E-state index < -0.39 is 5.97 Å². The van der Waals surface area contributed by atoms with Crippen LogP contribution in [0, 0.1) is 0 Å². The molecule has 1 N–H and O–H groups in total. The number of carboxylic acids is 1. The number of rotatable bonds is 2. The number of aromatic nitrogens is 2. The van der Waals surface area contributed by atoms with Gasteiger partial charge in [-0.15, -0.1) is 11.3 Å².